The molecule has 0 aliphatic heterocycles. The zero-order valence-corrected chi connectivity index (χ0v) is 11.4. The van der Waals surface area contributed by atoms with Crippen LogP contribution in [0.2, 0.25) is 0 Å². The summed E-state index contributed by atoms with van der Waals surface area (Å²) in [6.45, 7) is 2.77. The van der Waals surface area contributed by atoms with Crippen molar-refractivity contribution in [3.05, 3.63) is 29.8 Å². The third-order valence-electron chi connectivity index (χ3n) is 3.51. The quantitative estimate of drug-likeness (QED) is 0.666. The van der Waals surface area contributed by atoms with Crippen molar-refractivity contribution >= 4 is 0 Å². The van der Waals surface area contributed by atoms with Crippen molar-refractivity contribution in [1.29, 1.82) is 0 Å². The van der Waals surface area contributed by atoms with Crippen LogP contribution < -0.4 is 10.1 Å². The van der Waals surface area contributed by atoms with Crippen molar-refractivity contribution in [2.75, 3.05) is 13.2 Å². The first-order valence-corrected chi connectivity index (χ1v) is 6.86. The summed E-state index contributed by atoms with van der Waals surface area (Å²) in [5, 5.41) is 21.9. The smallest absolute Gasteiger partial charge is 0.119 e. The van der Waals surface area contributed by atoms with Crippen LogP contribution in [0.15, 0.2) is 24.3 Å². The first kappa shape index (κ1) is 14.3. The fourth-order valence-electron chi connectivity index (χ4n) is 2.00. The molecule has 1 aliphatic carbocycles. The van der Waals surface area contributed by atoms with Gasteiger partial charge in [-0.15, -0.1) is 0 Å². The zero-order chi connectivity index (χ0) is 13.7. The molecule has 1 aliphatic rings. The van der Waals surface area contributed by atoms with Gasteiger partial charge in [-0.3, -0.25) is 0 Å². The summed E-state index contributed by atoms with van der Waals surface area (Å²) in [5.74, 6) is 0.795. The molecule has 2 rings (SSSR count). The van der Waals surface area contributed by atoms with Gasteiger partial charge in [0.2, 0.25) is 0 Å². The van der Waals surface area contributed by atoms with Crippen LogP contribution in [0.4, 0.5) is 0 Å². The van der Waals surface area contributed by atoms with Gasteiger partial charge in [0.25, 0.3) is 0 Å². The molecule has 1 unspecified atom stereocenters. The van der Waals surface area contributed by atoms with E-state index in [-0.39, 0.29) is 18.8 Å². The van der Waals surface area contributed by atoms with E-state index in [4.69, 9.17) is 9.84 Å². The third-order valence-corrected chi connectivity index (χ3v) is 3.51. The fraction of sp³-hybridized carbons (Fsp3) is 0.600. The van der Waals surface area contributed by atoms with Crippen molar-refractivity contribution < 1.29 is 14.9 Å². The Kier molecular flexibility index (Phi) is 4.80. The Balaban J connectivity index is 1.77. The maximum absolute atomic E-state index is 9.48. The second kappa shape index (κ2) is 6.37. The van der Waals surface area contributed by atoms with Gasteiger partial charge in [0.15, 0.2) is 0 Å². The summed E-state index contributed by atoms with van der Waals surface area (Å²) < 4.78 is 5.67. The molecule has 0 saturated heterocycles. The van der Waals surface area contributed by atoms with Crippen LogP contribution >= 0.6 is 0 Å². The Bertz CT molecular complexity index is 389. The van der Waals surface area contributed by atoms with Gasteiger partial charge in [0.05, 0.1) is 19.8 Å². The molecule has 4 nitrogen and oxygen atoms in total. The predicted octanol–water partition coefficient (Wildman–Crippen LogP) is 1.45. The van der Waals surface area contributed by atoms with Gasteiger partial charge < -0.3 is 20.3 Å². The molecule has 3 N–H and O–H groups in total. The average molecular weight is 265 g/mol. The monoisotopic (exact) mass is 265 g/mol. The molecular formula is C15H23NO3. The minimum Gasteiger partial charge on any atom is -0.494 e. The van der Waals surface area contributed by atoms with Crippen LogP contribution in [0, 0.1) is 0 Å². The molecule has 106 valence electrons. The highest BCUT2D eigenvalue weighted by molar-refractivity contribution is 5.26. The van der Waals surface area contributed by atoms with Crippen molar-refractivity contribution in [2.45, 2.75) is 44.4 Å². The molecule has 1 aromatic rings. The highest BCUT2D eigenvalue weighted by atomic mass is 16.5. The van der Waals surface area contributed by atoms with E-state index in [1.165, 1.54) is 12.8 Å². The number of nitrogens with one attached hydrogen (secondary N) is 1. The SMILES string of the molecule is CC(CO)(CCOc1ccc(CO)cc1)NC1CC1. The van der Waals surface area contributed by atoms with Gasteiger partial charge in [-0.25, -0.2) is 0 Å². The Morgan fingerprint density at radius 3 is 2.47 bits per heavy atom. The molecule has 0 spiro atoms. The van der Waals surface area contributed by atoms with E-state index in [0.29, 0.717) is 12.6 Å². The summed E-state index contributed by atoms with van der Waals surface area (Å²) in [7, 11) is 0. The van der Waals surface area contributed by atoms with Crippen LogP contribution in [0.25, 0.3) is 0 Å². The van der Waals surface area contributed by atoms with Crippen molar-refractivity contribution in [2.24, 2.45) is 0 Å². The number of rotatable bonds is 8. The Morgan fingerprint density at radius 1 is 1.26 bits per heavy atom. The zero-order valence-electron chi connectivity index (χ0n) is 11.4. The van der Waals surface area contributed by atoms with Crippen molar-refractivity contribution in [3.8, 4) is 5.75 Å². The molecule has 0 amide bonds. The van der Waals surface area contributed by atoms with Crippen molar-refractivity contribution in [1.82, 2.24) is 5.32 Å². The topological polar surface area (TPSA) is 61.7 Å². The molecule has 0 heterocycles. The molecule has 1 aromatic carbocycles. The lowest BCUT2D eigenvalue weighted by Crippen LogP contribution is -2.48. The molecule has 1 atom stereocenters. The van der Waals surface area contributed by atoms with Gasteiger partial charge in [-0.1, -0.05) is 12.1 Å². The largest absolute Gasteiger partial charge is 0.494 e. The number of hydrogen-bond donors (Lipinski definition) is 3. The first-order valence-electron chi connectivity index (χ1n) is 6.86. The molecular weight excluding hydrogens is 242 g/mol. The minimum atomic E-state index is -0.258. The summed E-state index contributed by atoms with van der Waals surface area (Å²) in [4.78, 5) is 0. The molecule has 0 radical (unpaired) electrons. The molecule has 4 heteroatoms. The van der Waals surface area contributed by atoms with Gasteiger partial charge in [-0.2, -0.15) is 0 Å². The summed E-state index contributed by atoms with van der Waals surface area (Å²) in [5.41, 5.74) is 0.620. The minimum absolute atomic E-state index is 0.0498. The standard InChI is InChI=1S/C15H23NO3/c1-15(11-18,16-13-4-5-13)8-9-19-14-6-2-12(10-17)3-7-14/h2-3,6-7,13,16-18H,4-5,8-11H2,1H3. The third kappa shape index (κ3) is 4.49. The van der Waals surface area contributed by atoms with Crippen LogP contribution in [-0.2, 0) is 6.61 Å². The van der Waals surface area contributed by atoms with E-state index in [2.05, 4.69) is 5.32 Å². The highest BCUT2D eigenvalue weighted by Crippen LogP contribution is 2.24. The number of aliphatic hydroxyl groups is 2. The van der Waals surface area contributed by atoms with E-state index >= 15 is 0 Å². The van der Waals surface area contributed by atoms with Crippen LogP contribution in [0.1, 0.15) is 31.7 Å². The highest BCUT2D eigenvalue weighted by Gasteiger charge is 2.31. The normalized spacial score (nSPS) is 18.1. The van der Waals surface area contributed by atoms with Crippen LogP contribution in [0.5, 0.6) is 5.75 Å². The second-order valence-electron chi connectivity index (χ2n) is 5.54. The van der Waals surface area contributed by atoms with E-state index in [0.717, 1.165) is 17.7 Å². The number of benzene rings is 1. The molecule has 0 aromatic heterocycles. The van der Waals surface area contributed by atoms with Gasteiger partial charge in [0, 0.05) is 18.0 Å². The molecule has 19 heavy (non-hydrogen) atoms. The molecule has 0 bridgehead atoms. The Morgan fingerprint density at radius 2 is 1.95 bits per heavy atom. The van der Waals surface area contributed by atoms with Gasteiger partial charge in [0.1, 0.15) is 5.75 Å². The number of hydrogen-bond acceptors (Lipinski definition) is 4. The number of ether oxygens (including phenoxy) is 1. The molecule has 1 saturated carbocycles. The predicted molar refractivity (Wildman–Crippen MR) is 74.1 cm³/mol. The summed E-state index contributed by atoms with van der Waals surface area (Å²) in [6, 6.07) is 7.99. The Labute approximate surface area is 114 Å². The lowest BCUT2D eigenvalue weighted by Gasteiger charge is -2.29. The van der Waals surface area contributed by atoms with Gasteiger partial charge >= 0.3 is 0 Å². The molecule has 1 fully saturated rings. The van der Waals surface area contributed by atoms with Crippen LogP contribution in [-0.4, -0.2) is 35.0 Å². The second-order valence-corrected chi connectivity index (χ2v) is 5.54. The maximum Gasteiger partial charge on any atom is 0.119 e. The maximum atomic E-state index is 9.48. The van der Waals surface area contributed by atoms with Gasteiger partial charge in [-0.05, 0) is 37.5 Å². The van der Waals surface area contributed by atoms with E-state index in [1.54, 1.807) is 0 Å². The van der Waals surface area contributed by atoms with Crippen LogP contribution in [0.3, 0.4) is 0 Å². The van der Waals surface area contributed by atoms with E-state index < -0.39 is 0 Å². The fourth-order valence-corrected chi connectivity index (χ4v) is 2.00. The van der Waals surface area contributed by atoms with E-state index in [1.807, 2.05) is 31.2 Å². The lowest BCUT2D eigenvalue weighted by molar-refractivity contribution is 0.142. The van der Waals surface area contributed by atoms with E-state index in [9.17, 15) is 5.11 Å². The lowest BCUT2D eigenvalue weighted by atomic mass is 9.99. The summed E-state index contributed by atoms with van der Waals surface area (Å²) >= 11 is 0. The first-order chi connectivity index (χ1) is 9.15. The summed E-state index contributed by atoms with van der Waals surface area (Å²) in [6.07, 6.45) is 3.18. The average Bonchev–Trinajstić information content (AvgIpc) is 3.23. The Hall–Kier alpha value is -1.10. The van der Waals surface area contributed by atoms with Crippen molar-refractivity contribution in [3.63, 3.8) is 0 Å². The number of aliphatic hydroxyl groups excluding tert-OH is 2.